The van der Waals surface area contributed by atoms with Crippen LogP contribution < -0.4 is 11.2 Å². The molecule has 23 heavy (non-hydrogen) atoms. The summed E-state index contributed by atoms with van der Waals surface area (Å²) in [6.45, 7) is 10.5. The van der Waals surface area contributed by atoms with Gasteiger partial charge in [-0.05, 0) is 18.1 Å². The van der Waals surface area contributed by atoms with Crippen molar-refractivity contribution in [2.45, 2.75) is 63.8 Å². The lowest BCUT2D eigenvalue weighted by molar-refractivity contribution is -0.0438. The smallest absolute Gasteiger partial charge is 0.330 e. The van der Waals surface area contributed by atoms with Crippen molar-refractivity contribution in [3.8, 4) is 0 Å². The van der Waals surface area contributed by atoms with Crippen molar-refractivity contribution >= 4 is 8.32 Å². The van der Waals surface area contributed by atoms with Crippen molar-refractivity contribution in [3.05, 3.63) is 33.1 Å². The first kappa shape index (κ1) is 18.1. The number of aromatic nitrogens is 2. The van der Waals surface area contributed by atoms with Crippen LogP contribution in [0.2, 0.25) is 18.1 Å². The fraction of sp³-hybridized carbons (Fsp3) is 0.733. The first-order valence-electron chi connectivity index (χ1n) is 7.81. The summed E-state index contributed by atoms with van der Waals surface area (Å²) in [5, 5.41) is 9.62. The molecule has 0 aliphatic carbocycles. The van der Waals surface area contributed by atoms with Gasteiger partial charge in [-0.3, -0.25) is 14.3 Å². The zero-order valence-electron chi connectivity index (χ0n) is 14.3. The maximum absolute atomic E-state index is 11.9. The molecule has 0 aromatic carbocycles. The molecule has 2 heterocycles. The van der Waals surface area contributed by atoms with Gasteiger partial charge < -0.3 is 14.3 Å². The number of nitrogens with zero attached hydrogens (tertiary/aromatic N) is 1. The molecule has 1 unspecified atom stereocenters. The average Bonchev–Trinajstić information content (AvgIpc) is 2.79. The summed E-state index contributed by atoms with van der Waals surface area (Å²) in [7, 11) is -2.02. The Hall–Kier alpha value is -1.22. The molecule has 2 rings (SSSR count). The van der Waals surface area contributed by atoms with Crippen molar-refractivity contribution in [2.75, 3.05) is 6.61 Å². The van der Waals surface area contributed by atoms with Crippen molar-refractivity contribution in [1.29, 1.82) is 0 Å². The standard InChI is InChI=1S/C15H26N2O5Si/c1-15(2,3)23(4,5)22-10-8-13(21-11(10)9-18)17-7-6-12(19)16-14(17)20/h6-7,10-11,13,18H,8-9H2,1-5H3,(H,16,19,20)/t10?,11-,13-/m0/s1. The second-order valence-corrected chi connectivity index (χ2v) is 12.2. The molecule has 0 spiro atoms. The van der Waals surface area contributed by atoms with E-state index in [1.54, 1.807) is 0 Å². The molecule has 0 amide bonds. The summed E-state index contributed by atoms with van der Waals surface area (Å²) in [4.78, 5) is 25.3. The number of ether oxygens (including phenoxy) is 1. The molecule has 1 aliphatic heterocycles. The Kier molecular flexibility index (Phi) is 5.00. The number of hydrogen-bond acceptors (Lipinski definition) is 5. The highest BCUT2D eigenvalue weighted by Crippen LogP contribution is 2.40. The van der Waals surface area contributed by atoms with Gasteiger partial charge in [-0.15, -0.1) is 0 Å². The fourth-order valence-electron chi connectivity index (χ4n) is 2.37. The van der Waals surface area contributed by atoms with E-state index in [1.165, 1.54) is 16.8 Å². The van der Waals surface area contributed by atoms with Gasteiger partial charge in [0.1, 0.15) is 12.3 Å². The normalized spacial score (nSPS) is 25.7. The van der Waals surface area contributed by atoms with E-state index in [0.717, 1.165) is 0 Å². The van der Waals surface area contributed by atoms with E-state index in [1.807, 2.05) is 0 Å². The minimum Gasteiger partial charge on any atom is -0.411 e. The van der Waals surface area contributed by atoms with E-state index in [4.69, 9.17) is 9.16 Å². The lowest BCUT2D eigenvalue weighted by Gasteiger charge is -2.39. The highest BCUT2D eigenvalue weighted by molar-refractivity contribution is 6.74. The monoisotopic (exact) mass is 342 g/mol. The zero-order valence-corrected chi connectivity index (χ0v) is 15.3. The largest absolute Gasteiger partial charge is 0.411 e. The summed E-state index contributed by atoms with van der Waals surface area (Å²) >= 11 is 0. The molecule has 1 aliphatic rings. The summed E-state index contributed by atoms with van der Waals surface area (Å²) in [5.41, 5.74) is -0.968. The van der Waals surface area contributed by atoms with Crippen molar-refractivity contribution < 1.29 is 14.3 Å². The van der Waals surface area contributed by atoms with Gasteiger partial charge in [-0.2, -0.15) is 0 Å². The molecule has 7 nitrogen and oxygen atoms in total. The van der Waals surface area contributed by atoms with Crippen molar-refractivity contribution in [3.63, 3.8) is 0 Å². The molecule has 130 valence electrons. The minimum atomic E-state index is -2.02. The van der Waals surface area contributed by atoms with Crippen LogP contribution in [0.5, 0.6) is 0 Å². The molecular formula is C15H26N2O5Si. The number of aromatic amines is 1. The van der Waals surface area contributed by atoms with Gasteiger partial charge >= 0.3 is 5.69 Å². The highest BCUT2D eigenvalue weighted by Gasteiger charge is 2.45. The highest BCUT2D eigenvalue weighted by atomic mass is 28.4. The summed E-state index contributed by atoms with van der Waals surface area (Å²) < 4.78 is 13.5. The predicted octanol–water partition coefficient (Wildman–Crippen LogP) is 1.21. The van der Waals surface area contributed by atoms with Crippen molar-refractivity contribution in [2.24, 2.45) is 0 Å². The minimum absolute atomic E-state index is 0.0416. The van der Waals surface area contributed by atoms with Gasteiger partial charge in [0.15, 0.2) is 8.32 Å². The Labute approximate surface area is 136 Å². The molecule has 1 aromatic heterocycles. The summed E-state index contributed by atoms with van der Waals surface area (Å²) in [5.74, 6) is 0. The summed E-state index contributed by atoms with van der Waals surface area (Å²) in [6, 6.07) is 1.28. The SMILES string of the molecule is CC(C)(C)[Si](C)(C)OC1C[C@@H](n2ccc(=O)[nH]c2=O)O[C@H]1CO. The van der Waals surface area contributed by atoms with Crippen LogP contribution in [0.3, 0.4) is 0 Å². The molecule has 0 radical (unpaired) electrons. The van der Waals surface area contributed by atoms with Crippen LogP contribution in [0.1, 0.15) is 33.4 Å². The van der Waals surface area contributed by atoms with E-state index in [0.29, 0.717) is 6.42 Å². The van der Waals surface area contributed by atoms with E-state index < -0.39 is 31.9 Å². The van der Waals surface area contributed by atoms with Gasteiger partial charge in [0, 0.05) is 18.7 Å². The van der Waals surface area contributed by atoms with Crippen LogP contribution in [0.4, 0.5) is 0 Å². The van der Waals surface area contributed by atoms with Gasteiger partial charge in [-0.1, -0.05) is 20.8 Å². The molecule has 2 N–H and O–H groups in total. The predicted molar refractivity (Wildman–Crippen MR) is 89.0 cm³/mol. The Morgan fingerprint density at radius 2 is 2.09 bits per heavy atom. The summed E-state index contributed by atoms with van der Waals surface area (Å²) in [6.07, 6.45) is 0.572. The molecule has 1 aromatic rings. The van der Waals surface area contributed by atoms with Gasteiger partial charge in [0.25, 0.3) is 5.56 Å². The molecule has 0 saturated carbocycles. The van der Waals surface area contributed by atoms with E-state index >= 15 is 0 Å². The lowest BCUT2D eigenvalue weighted by Crippen LogP contribution is -2.46. The lowest BCUT2D eigenvalue weighted by atomic mass is 10.2. The van der Waals surface area contributed by atoms with Crippen molar-refractivity contribution in [1.82, 2.24) is 9.55 Å². The first-order chi connectivity index (χ1) is 10.5. The molecule has 1 saturated heterocycles. The second kappa shape index (κ2) is 6.35. The van der Waals surface area contributed by atoms with Crippen LogP contribution in [0, 0.1) is 0 Å². The Morgan fingerprint density at radius 3 is 2.61 bits per heavy atom. The van der Waals surface area contributed by atoms with Crippen LogP contribution in [0.15, 0.2) is 21.9 Å². The van der Waals surface area contributed by atoms with Gasteiger partial charge in [0.05, 0.1) is 12.7 Å². The van der Waals surface area contributed by atoms with E-state index in [2.05, 4.69) is 38.8 Å². The zero-order chi connectivity index (χ0) is 17.4. The third kappa shape index (κ3) is 3.82. The molecule has 0 bridgehead atoms. The third-order valence-electron chi connectivity index (χ3n) is 4.77. The van der Waals surface area contributed by atoms with Gasteiger partial charge in [-0.25, -0.2) is 4.79 Å². The van der Waals surface area contributed by atoms with E-state index in [9.17, 15) is 14.7 Å². The molecular weight excluding hydrogens is 316 g/mol. The maximum Gasteiger partial charge on any atom is 0.330 e. The fourth-order valence-corrected chi connectivity index (χ4v) is 3.73. The Balaban J connectivity index is 2.21. The number of aliphatic hydroxyl groups is 1. The van der Waals surface area contributed by atoms with Gasteiger partial charge in [0.2, 0.25) is 0 Å². The number of H-pyrrole nitrogens is 1. The number of rotatable bonds is 4. The number of nitrogens with one attached hydrogen (secondary N) is 1. The van der Waals surface area contributed by atoms with E-state index in [-0.39, 0.29) is 17.7 Å². The van der Waals surface area contributed by atoms with Crippen LogP contribution in [-0.2, 0) is 9.16 Å². The average molecular weight is 342 g/mol. The molecule has 3 atom stereocenters. The third-order valence-corrected chi connectivity index (χ3v) is 9.28. The van der Waals surface area contributed by atoms with Crippen LogP contribution in [0.25, 0.3) is 0 Å². The topological polar surface area (TPSA) is 93.6 Å². The quantitative estimate of drug-likeness (QED) is 0.802. The second-order valence-electron chi connectivity index (χ2n) is 7.48. The maximum atomic E-state index is 11.9. The molecule has 8 heteroatoms. The van der Waals surface area contributed by atoms with Crippen LogP contribution in [-0.4, -0.2) is 41.8 Å². The first-order valence-corrected chi connectivity index (χ1v) is 10.7. The Morgan fingerprint density at radius 1 is 1.43 bits per heavy atom. The van der Waals surface area contributed by atoms with Crippen LogP contribution >= 0.6 is 0 Å². The number of aliphatic hydroxyl groups excluding tert-OH is 1. The number of hydrogen-bond donors (Lipinski definition) is 2. The Bertz CT molecular complexity index is 661. The molecule has 1 fully saturated rings.